The Morgan fingerprint density at radius 3 is 2.23 bits per heavy atom. The van der Waals surface area contributed by atoms with Gasteiger partial charge in [0.25, 0.3) is 11.5 Å². The molecule has 1 aromatic carbocycles. The molecule has 4 aliphatic rings. The topological polar surface area (TPSA) is 295 Å². The van der Waals surface area contributed by atoms with Crippen LogP contribution in [0, 0.1) is 5.92 Å². The van der Waals surface area contributed by atoms with Gasteiger partial charge in [-0.1, -0.05) is 22.0 Å². The minimum absolute atomic E-state index is 0.0188. The van der Waals surface area contributed by atoms with E-state index in [0.29, 0.717) is 9.37 Å². The molecule has 2 aromatic rings. The van der Waals surface area contributed by atoms with E-state index < -0.39 is 101 Å². The normalized spacial score (nSPS) is 39.2. The number of ether oxygens (including phenoxy) is 1. The van der Waals surface area contributed by atoms with Crippen LogP contribution in [0.15, 0.2) is 32.3 Å². The molecule has 3 aliphatic heterocycles. The number of aliphatic hydroxyl groups is 7. The van der Waals surface area contributed by atoms with Gasteiger partial charge in [-0.05, 0) is 24.6 Å². The van der Waals surface area contributed by atoms with Crippen LogP contribution in [0.2, 0.25) is 0 Å². The zero-order chi connectivity index (χ0) is 32.3. The van der Waals surface area contributed by atoms with Crippen molar-refractivity contribution < 1.29 is 54.9 Å². The predicted molar refractivity (Wildman–Crippen MR) is 147 cm³/mol. The van der Waals surface area contributed by atoms with Crippen LogP contribution in [-0.2, 0) is 24.5 Å². The van der Waals surface area contributed by atoms with Gasteiger partial charge in [-0.25, -0.2) is 4.79 Å². The lowest BCUT2D eigenvalue weighted by Gasteiger charge is -2.59. The second-order valence-electron chi connectivity index (χ2n) is 11.3. The summed E-state index contributed by atoms with van der Waals surface area (Å²) in [5, 5.41) is 80.9. The SMILES string of the molecule is C[C@@]1(O)C(=O)N2c3c([nH]c(=O)[nH]c3=O)NC[C@@]2(O)[C@H](C(=O)OC2[C@@H](O)[C@@H](O)C(O)[C@H](O)[C@H]2O)[C@]12C(=O)Nc1cc(Br)ccc12. The highest BCUT2D eigenvalue weighted by Gasteiger charge is 2.79. The molecule has 11 N–H and O–H groups in total. The number of carbonyl (C=O) groups is 3. The Hall–Kier alpha value is -3.69. The van der Waals surface area contributed by atoms with E-state index in [1.807, 2.05) is 4.98 Å². The van der Waals surface area contributed by atoms with Crippen LogP contribution in [0.25, 0.3) is 0 Å². The number of H-pyrrole nitrogens is 2. The van der Waals surface area contributed by atoms with E-state index in [-0.39, 0.29) is 17.1 Å². The third kappa shape index (κ3) is 3.68. The van der Waals surface area contributed by atoms with E-state index in [2.05, 4.69) is 31.5 Å². The number of β-amino-alcohol motifs (C(OH)–C–C–N with tert-alkyl or cyclic N) is 1. The highest BCUT2D eigenvalue weighted by atomic mass is 79.9. The molecule has 2 amide bonds. The summed E-state index contributed by atoms with van der Waals surface area (Å²) in [6, 6.07) is 4.11. The van der Waals surface area contributed by atoms with Gasteiger partial charge in [0, 0.05) is 10.2 Å². The Balaban J connectivity index is 1.60. The van der Waals surface area contributed by atoms with Crippen LogP contribution < -0.4 is 26.8 Å². The number of anilines is 3. The van der Waals surface area contributed by atoms with Crippen molar-refractivity contribution in [1.29, 1.82) is 0 Å². The van der Waals surface area contributed by atoms with Crippen molar-refractivity contribution in [3.8, 4) is 0 Å². The van der Waals surface area contributed by atoms with Gasteiger partial charge in [0.2, 0.25) is 5.91 Å². The van der Waals surface area contributed by atoms with Crippen molar-refractivity contribution in [2.24, 2.45) is 5.92 Å². The summed E-state index contributed by atoms with van der Waals surface area (Å²) in [7, 11) is 0. The summed E-state index contributed by atoms with van der Waals surface area (Å²) in [5.74, 6) is -6.96. The van der Waals surface area contributed by atoms with Crippen molar-refractivity contribution >= 4 is 50.9 Å². The number of aliphatic hydroxyl groups excluding tert-OH is 5. The van der Waals surface area contributed by atoms with Crippen LogP contribution in [0.3, 0.4) is 0 Å². The highest BCUT2D eigenvalue weighted by molar-refractivity contribution is 9.10. The van der Waals surface area contributed by atoms with Crippen LogP contribution in [-0.4, -0.2) is 118 Å². The van der Waals surface area contributed by atoms with Crippen LogP contribution >= 0.6 is 15.9 Å². The first-order valence-electron chi connectivity index (χ1n) is 13.1. The van der Waals surface area contributed by atoms with Gasteiger partial charge in [0.15, 0.2) is 23.1 Å². The van der Waals surface area contributed by atoms with Gasteiger partial charge in [-0.15, -0.1) is 0 Å². The Labute approximate surface area is 253 Å². The second-order valence-corrected chi connectivity index (χ2v) is 12.2. The molecule has 44 heavy (non-hydrogen) atoms. The average molecular weight is 684 g/mol. The second kappa shape index (κ2) is 9.65. The zero-order valence-electron chi connectivity index (χ0n) is 22.4. The van der Waals surface area contributed by atoms with Crippen molar-refractivity contribution in [2.75, 3.05) is 22.1 Å². The summed E-state index contributed by atoms with van der Waals surface area (Å²) in [4.78, 5) is 71.9. The summed E-state index contributed by atoms with van der Waals surface area (Å²) >= 11 is 3.24. The summed E-state index contributed by atoms with van der Waals surface area (Å²) < 4.78 is 5.80. The molecule has 4 heterocycles. The lowest BCUT2D eigenvalue weighted by molar-refractivity contribution is -0.242. The fourth-order valence-corrected chi connectivity index (χ4v) is 7.18. The Morgan fingerprint density at radius 2 is 1.59 bits per heavy atom. The maximum absolute atomic E-state index is 14.3. The molecule has 1 saturated carbocycles. The molecule has 1 aliphatic carbocycles. The van der Waals surface area contributed by atoms with E-state index >= 15 is 0 Å². The number of aromatic nitrogens is 2. The molecule has 19 heteroatoms. The summed E-state index contributed by atoms with van der Waals surface area (Å²) in [5.41, 5.74) is -11.7. The minimum atomic E-state index is -2.96. The van der Waals surface area contributed by atoms with Crippen molar-refractivity contribution in [3.05, 3.63) is 49.1 Å². The molecule has 10 atom stereocenters. The van der Waals surface area contributed by atoms with E-state index in [1.54, 1.807) is 0 Å². The fraction of sp³-hybridized carbons (Fsp3) is 0.480. The number of piperidine rings is 1. The highest BCUT2D eigenvalue weighted by Crippen LogP contribution is 2.59. The molecule has 1 spiro atoms. The van der Waals surface area contributed by atoms with Crippen molar-refractivity contribution in [1.82, 2.24) is 9.97 Å². The van der Waals surface area contributed by atoms with Crippen LogP contribution in [0.1, 0.15) is 12.5 Å². The standard InChI is InChI=1S/C25H26BrN5O13/c1-23(42)21(40)31-9-17(29-22(41)30-18(9)37)27-5-24(31,43)16(25(23)7-3-2-6(26)4-8(7)28-20(25)39)19(38)44-15-13(35)11(33)10(32)12(34)14(15)36/h2-4,10-16,32-36,42-43H,5H2,1H3,(H,28,39)(H3,27,29,30,37,41)/t10?,11-,12-,13-,14+,15?,16-,23+,24+,25+/m0/s1. The molecule has 2 fully saturated rings. The first kappa shape index (κ1) is 30.3. The number of nitrogens with zero attached hydrogens (tertiary/aromatic N) is 1. The number of nitrogens with one attached hydrogen (secondary N) is 4. The number of hydrogen-bond donors (Lipinski definition) is 11. The molecule has 0 radical (unpaired) electrons. The fourth-order valence-electron chi connectivity index (χ4n) is 6.82. The van der Waals surface area contributed by atoms with Crippen molar-refractivity contribution in [3.63, 3.8) is 0 Å². The Kier molecular flexibility index (Phi) is 6.66. The number of carbonyl (C=O) groups excluding carboxylic acids is 3. The zero-order valence-corrected chi connectivity index (χ0v) is 24.0. The van der Waals surface area contributed by atoms with Crippen LogP contribution in [0.4, 0.5) is 17.2 Å². The van der Waals surface area contributed by atoms with Gasteiger partial charge in [0.05, 0.1) is 6.54 Å². The van der Waals surface area contributed by atoms with Gasteiger partial charge in [-0.3, -0.25) is 34.0 Å². The van der Waals surface area contributed by atoms with Gasteiger partial charge >= 0.3 is 11.7 Å². The van der Waals surface area contributed by atoms with Crippen LogP contribution in [0.5, 0.6) is 0 Å². The number of fused-ring (bicyclic) bond motifs is 5. The van der Waals surface area contributed by atoms with E-state index in [9.17, 15) is 59.7 Å². The monoisotopic (exact) mass is 683 g/mol. The molecule has 1 aromatic heterocycles. The first-order valence-corrected chi connectivity index (χ1v) is 13.9. The van der Waals surface area contributed by atoms with E-state index in [4.69, 9.17) is 4.74 Å². The molecule has 18 nitrogen and oxygen atoms in total. The lowest BCUT2D eigenvalue weighted by Crippen LogP contribution is -2.83. The maximum Gasteiger partial charge on any atom is 0.327 e. The number of benzene rings is 1. The Morgan fingerprint density at radius 1 is 0.977 bits per heavy atom. The molecule has 1 saturated heterocycles. The summed E-state index contributed by atoms with van der Waals surface area (Å²) in [6.07, 6.45) is -12.8. The lowest BCUT2D eigenvalue weighted by atomic mass is 9.54. The number of esters is 1. The largest absolute Gasteiger partial charge is 0.456 e. The number of aromatic amines is 2. The van der Waals surface area contributed by atoms with E-state index in [0.717, 1.165) is 6.92 Å². The molecular formula is C25H26BrN5O13. The number of hydrogen-bond acceptors (Lipinski definition) is 14. The van der Waals surface area contributed by atoms with Gasteiger partial charge < -0.3 is 51.1 Å². The molecule has 236 valence electrons. The Bertz CT molecular complexity index is 1710. The summed E-state index contributed by atoms with van der Waals surface area (Å²) in [6.45, 7) is 0.0310. The quantitative estimate of drug-likeness (QED) is 0.133. The molecular weight excluding hydrogens is 658 g/mol. The number of rotatable bonds is 2. The number of halogens is 1. The molecule has 2 unspecified atom stereocenters. The third-order valence-electron chi connectivity index (χ3n) is 8.91. The molecule has 6 rings (SSSR count). The third-order valence-corrected chi connectivity index (χ3v) is 9.40. The average Bonchev–Trinajstić information content (AvgIpc) is 3.23. The van der Waals surface area contributed by atoms with Gasteiger partial charge in [-0.2, -0.15) is 0 Å². The van der Waals surface area contributed by atoms with Crippen molar-refractivity contribution in [2.45, 2.75) is 60.3 Å². The predicted octanol–water partition coefficient (Wildman–Crippen LogP) is -4.73. The molecule has 0 bridgehead atoms. The maximum atomic E-state index is 14.3. The smallest absolute Gasteiger partial charge is 0.327 e. The first-order chi connectivity index (χ1) is 20.5. The number of amides is 2. The van der Waals surface area contributed by atoms with E-state index in [1.165, 1.54) is 18.2 Å². The minimum Gasteiger partial charge on any atom is -0.456 e. The van der Waals surface area contributed by atoms with Gasteiger partial charge in [0.1, 0.15) is 47.7 Å².